The molecule has 8 heteroatoms. The maximum Gasteiger partial charge on any atom is 0.176 e. The lowest BCUT2D eigenvalue weighted by molar-refractivity contribution is 0.0739. The van der Waals surface area contributed by atoms with Crippen molar-refractivity contribution in [3.63, 3.8) is 0 Å². The van der Waals surface area contributed by atoms with Gasteiger partial charge in [0.25, 0.3) is 0 Å². The van der Waals surface area contributed by atoms with Crippen LogP contribution in [0.3, 0.4) is 0 Å². The second kappa shape index (κ2) is 8.50. The molecule has 0 unspecified atom stereocenters. The van der Waals surface area contributed by atoms with Gasteiger partial charge in [0.1, 0.15) is 22.9 Å². The van der Waals surface area contributed by atoms with E-state index in [1.807, 2.05) is 47.1 Å². The molecule has 1 aliphatic rings. The summed E-state index contributed by atoms with van der Waals surface area (Å²) in [7, 11) is 0. The summed E-state index contributed by atoms with van der Waals surface area (Å²) in [6, 6.07) is 14.9. The van der Waals surface area contributed by atoms with E-state index in [0.29, 0.717) is 22.3 Å². The van der Waals surface area contributed by atoms with Crippen LogP contribution in [0.2, 0.25) is 5.02 Å². The van der Waals surface area contributed by atoms with Crippen LogP contribution in [0, 0.1) is 0 Å². The first-order chi connectivity index (χ1) is 15.9. The fraction of sp³-hybridized carbons (Fsp3) is 0.240. The highest BCUT2D eigenvalue weighted by Gasteiger charge is 2.25. The molecule has 0 saturated heterocycles. The first kappa shape index (κ1) is 21.4. The molecule has 0 bridgehead atoms. The van der Waals surface area contributed by atoms with E-state index in [9.17, 15) is 5.11 Å². The minimum Gasteiger partial charge on any atom is -0.453 e. The van der Waals surface area contributed by atoms with E-state index in [1.54, 1.807) is 32.3 Å². The zero-order valence-electron chi connectivity index (χ0n) is 18.4. The molecule has 0 atom stereocenters. The number of hydrogen-bond donors (Lipinski definition) is 2. The molecule has 0 amide bonds. The molecular weight excluding hydrogens is 438 g/mol. The first-order valence-electron chi connectivity index (χ1n) is 10.8. The molecule has 2 N–H and O–H groups in total. The van der Waals surface area contributed by atoms with E-state index in [0.717, 1.165) is 47.8 Å². The summed E-state index contributed by atoms with van der Waals surface area (Å²) >= 11 is 6.23. The Morgan fingerprint density at radius 3 is 2.76 bits per heavy atom. The third-order valence-electron chi connectivity index (χ3n) is 5.50. The number of pyridine rings is 2. The fourth-order valence-electron chi connectivity index (χ4n) is 3.89. The molecule has 3 aromatic heterocycles. The summed E-state index contributed by atoms with van der Waals surface area (Å²) in [5.41, 5.74) is 3.10. The number of rotatable bonds is 6. The predicted molar refractivity (Wildman–Crippen MR) is 128 cm³/mol. The van der Waals surface area contributed by atoms with Crippen molar-refractivity contribution in [2.45, 2.75) is 38.8 Å². The number of benzene rings is 1. The Morgan fingerprint density at radius 2 is 1.94 bits per heavy atom. The van der Waals surface area contributed by atoms with Gasteiger partial charge in [-0.05, 0) is 57.0 Å². The lowest BCUT2D eigenvalue weighted by atomic mass is 10.0. The number of halogens is 1. The normalized spacial score (nSPS) is 13.1. The standard InChI is InChI=1S/C25H24ClN5O2/c1-25(2,32)21-14-18(8-10-27-21)29-22-15-19(9-11-28-22)33-24-20-7-4-12-31(20)30-23(24)16-5-3-6-17(26)13-16/h3,5-6,8-11,13-15,32H,4,7,12H2,1-2H3,(H,27,28,29). The summed E-state index contributed by atoms with van der Waals surface area (Å²) in [4.78, 5) is 8.65. The number of anilines is 2. The van der Waals surface area contributed by atoms with E-state index < -0.39 is 5.60 Å². The Balaban J connectivity index is 1.44. The lowest BCUT2D eigenvalue weighted by Crippen LogP contribution is -2.17. The van der Waals surface area contributed by atoms with Gasteiger partial charge in [0.05, 0.1) is 11.4 Å². The van der Waals surface area contributed by atoms with Crippen molar-refractivity contribution in [1.82, 2.24) is 19.7 Å². The van der Waals surface area contributed by atoms with E-state index in [2.05, 4.69) is 15.3 Å². The van der Waals surface area contributed by atoms with Crippen molar-refractivity contribution in [2.24, 2.45) is 0 Å². The second-order valence-electron chi connectivity index (χ2n) is 8.55. The highest BCUT2D eigenvalue weighted by atomic mass is 35.5. The monoisotopic (exact) mass is 461 g/mol. The fourth-order valence-corrected chi connectivity index (χ4v) is 4.08. The van der Waals surface area contributed by atoms with Crippen LogP contribution in [0.4, 0.5) is 11.5 Å². The van der Waals surface area contributed by atoms with Crippen LogP contribution in [0.25, 0.3) is 11.3 Å². The van der Waals surface area contributed by atoms with Crippen molar-refractivity contribution in [2.75, 3.05) is 5.32 Å². The van der Waals surface area contributed by atoms with Crippen LogP contribution < -0.4 is 10.1 Å². The molecule has 7 nitrogen and oxygen atoms in total. The average molecular weight is 462 g/mol. The number of aliphatic hydroxyl groups is 1. The van der Waals surface area contributed by atoms with Gasteiger partial charge in [0, 0.05) is 41.3 Å². The van der Waals surface area contributed by atoms with E-state index in [-0.39, 0.29) is 0 Å². The van der Waals surface area contributed by atoms with Gasteiger partial charge < -0.3 is 15.2 Å². The average Bonchev–Trinajstić information content (AvgIpc) is 3.36. The Labute approximate surface area is 197 Å². The van der Waals surface area contributed by atoms with Crippen molar-refractivity contribution in [3.05, 3.63) is 77.3 Å². The van der Waals surface area contributed by atoms with Gasteiger partial charge in [-0.1, -0.05) is 23.7 Å². The Morgan fingerprint density at radius 1 is 1.09 bits per heavy atom. The van der Waals surface area contributed by atoms with Gasteiger partial charge in [-0.2, -0.15) is 5.10 Å². The highest BCUT2D eigenvalue weighted by Crippen LogP contribution is 2.39. The first-order valence-corrected chi connectivity index (χ1v) is 11.2. The topological polar surface area (TPSA) is 85.1 Å². The summed E-state index contributed by atoms with van der Waals surface area (Å²) in [6.07, 6.45) is 5.31. The molecule has 0 radical (unpaired) electrons. The molecule has 0 saturated carbocycles. The van der Waals surface area contributed by atoms with Crippen molar-refractivity contribution < 1.29 is 9.84 Å². The van der Waals surface area contributed by atoms with Gasteiger partial charge in [-0.3, -0.25) is 9.67 Å². The maximum absolute atomic E-state index is 10.2. The van der Waals surface area contributed by atoms with Gasteiger partial charge in [0.2, 0.25) is 0 Å². The third kappa shape index (κ3) is 4.55. The van der Waals surface area contributed by atoms with E-state index >= 15 is 0 Å². The molecule has 1 aromatic carbocycles. The smallest absolute Gasteiger partial charge is 0.176 e. The molecule has 4 heterocycles. The second-order valence-corrected chi connectivity index (χ2v) is 8.99. The summed E-state index contributed by atoms with van der Waals surface area (Å²) in [5.74, 6) is 2.02. The van der Waals surface area contributed by atoms with Crippen molar-refractivity contribution in [3.8, 4) is 22.8 Å². The predicted octanol–water partition coefficient (Wildman–Crippen LogP) is 5.70. The van der Waals surface area contributed by atoms with Crippen LogP contribution in [0.15, 0.2) is 60.9 Å². The molecule has 0 aliphatic carbocycles. The van der Waals surface area contributed by atoms with Gasteiger partial charge in [-0.15, -0.1) is 0 Å². The largest absolute Gasteiger partial charge is 0.453 e. The van der Waals surface area contributed by atoms with Crippen molar-refractivity contribution in [1.29, 1.82) is 0 Å². The molecule has 4 aromatic rings. The Kier molecular flexibility index (Phi) is 5.52. The lowest BCUT2D eigenvalue weighted by Gasteiger charge is -2.17. The number of hydrogen-bond acceptors (Lipinski definition) is 6. The van der Waals surface area contributed by atoms with E-state index in [1.165, 1.54) is 0 Å². The number of ether oxygens (including phenoxy) is 1. The zero-order chi connectivity index (χ0) is 23.0. The number of aryl methyl sites for hydroxylation is 1. The molecule has 5 rings (SSSR count). The quantitative estimate of drug-likeness (QED) is 0.383. The number of nitrogens with one attached hydrogen (secondary N) is 1. The SMILES string of the molecule is CC(C)(O)c1cc(Nc2cc(Oc3c(-c4cccc(Cl)c4)nn4c3CCC4)ccn2)ccn1. The minimum atomic E-state index is -1.03. The summed E-state index contributed by atoms with van der Waals surface area (Å²) < 4.78 is 8.40. The molecule has 0 spiro atoms. The number of nitrogens with zero attached hydrogens (tertiary/aromatic N) is 4. The van der Waals surface area contributed by atoms with Gasteiger partial charge in [-0.25, -0.2) is 4.98 Å². The summed E-state index contributed by atoms with van der Waals surface area (Å²) in [5, 5.41) is 19.0. The van der Waals surface area contributed by atoms with Crippen LogP contribution in [0.5, 0.6) is 11.5 Å². The summed E-state index contributed by atoms with van der Waals surface area (Å²) in [6.45, 7) is 4.28. The Hall–Kier alpha value is -3.42. The Bertz CT molecular complexity index is 1310. The van der Waals surface area contributed by atoms with Crippen molar-refractivity contribution >= 4 is 23.1 Å². The minimum absolute atomic E-state index is 0.571. The molecule has 1 aliphatic heterocycles. The molecule has 0 fully saturated rings. The van der Waals surface area contributed by atoms with Crippen LogP contribution >= 0.6 is 11.6 Å². The third-order valence-corrected chi connectivity index (χ3v) is 5.74. The molecule has 168 valence electrons. The van der Waals surface area contributed by atoms with E-state index in [4.69, 9.17) is 21.4 Å². The number of aromatic nitrogens is 4. The van der Waals surface area contributed by atoms with Gasteiger partial charge in [0.15, 0.2) is 5.75 Å². The highest BCUT2D eigenvalue weighted by molar-refractivity contribution is 6.30. The van der Waals surface area contributed by atoms with Crippen LogP contribution in [-0.2, 0) is 18.6 Å². The molecular formula is C25H24ClN5O2. The molecule has 33 heavy (non-hydrogen) atoms. The van der Waals surface area contributed by atoms with Crippen LogP contribution in [0.1, 0.15) is 31.7 Å². The van der Waals surface area contributed by atoms with Crippen LogP contribution in [-0.4, -0.2) is 24.9 Å². The number of fused-ring (bicyclic) bond motifs is 1. The zero-order valence-corrected chi connectivity index (χ0v) is 19.2. The maximum atomic E-state index is 10.2. The van der Waals surface area contributed by atoms with Gasteiger partial charge >= 0.3 is 0 Å².